The SMILES string of the molecule is COc1cccc(CNC(=O)COC(=O)c2c(C)oc(C)c2C)c1. The molecule has 0 aliphatic heterocycles. The molecule has 1 amide bonds. The monoisotopic (exact) mass is 331 g/mol. The lowest BCUT2D eigenvalue weighted by Crippen LogP contribution is -2.28. The Hall–Kier alpha value is -2.76. The second-order valence-corrected chi connectivity index (χ2v) is 5.42. The molecule has 128 valence electrons. The maximum atomic E-state index is 12.1. The first-order valence-corrected chi connectivity index (χ1v) is 7.55. The molecule has 1 heterocycles. The van der Waals surface area contributed by atoms with E-state index in [2.05, 4.69) is 5.32 Å². The third-order valence-corrected chi connectivity index (χ3v) is 3.72. The minimum atomic E-state index is -0.557. The number of benzene rings is 1. The Bertz CT molecular complexity index is 748. The number of esters is 1. The first-order valence-electron chi connectivity index (χ1n) is 7.55. The predicted molar refractivity (Wildman–Crippen MR) is 88.0 cm³/mol. The van der Waals surface area contributed by atoms with Gasteiger partial charge < -0.3 is 19.2 Å². The van der Waals surface area contributed by atoms with Crippen molar-refractivity contribution < 1.29 is 23.5 Å². The molecule has 1 aromatic heterocycles. The quantitative estimate of drug-likeness (QED) is 0.824. The van der Waals surface area contributed by atoms with E-state index in [4.69, 9.17) is 13.9 Å². The lowest BCUT2D eigenvalue weighted by Gasteiger charge is -2.08. The number of carbonyl (C=O) groups excluding carboxylic acids is 2. The number of amides is 1. The number of methoxy groups -OCH3 is 1. The van der Waals surface area contributed by atoms with Crippen molar-refractivity contribution in [1.29, 1.82) is 0 Å². The largest absolute Gasteiger partial charge is 0.497 e. The second kappa shape index (κ2) is 7.68. The predicted octanol–water partition coefficient (Wildman–Crippen LogP) is 2.69. The Morgan fingerprint density at radius 3 is 2.54 bits per heavy atom. The number of nitrogens with one attached hydrogen (secondary N) is 1. The molecule has 0 unspecified atom stereocenters. The van der Waals surface area contributed by atoms with E-state index in [1.165, 1.54) is 0 Å². The summed E-state index contributed by atoms with van der Waals surface area (Å²) in [5.74, 6) is 0.947. The van der Waals surface area contributed by atoms with Gasteiger partial charge in [0.25, 0.3) is 5.91 Å². The van der Waals surface area contributed by atoms with Gasteiger partial charge in [0, 0.05) is 12.1 Å². The Labute approximate surface area is 140 Å². The summed E-state index contributed by atoms with van der Waals surface area (Å²) >= 11 is 0. The molecule has 2 rings (SSSR count). The number of aryl methyl sites for hydroxylation is 2. The topological polar surface area (TPSA) is 77.8 Å². The van der Waals surface area contributed by atoms with Gasteiger partial charge in [-0.2, -0.15) is 0 Å². The van der Waals surface area contributed by atoms with Crippen molar-refractivity contribution in [3.8, 4) is 5.75 Å². The summed E-state index contributed by atoms with van der Waals surface area (Å²) in [5.41, 5.74) is 2.01. The van der Waals surface area contributed by atoms with Gasteiger partial charge in [-0.3, -0.25) is 4.79 Å². The average Bonchev–Trinajstić information content (AvgIpc) is 2.83. The van der Waals surface area contributed by atoms with Crippen LogP contribution in [0.2, 0.25) is 0 Å². The molecule has 1 N–H and O–H groups in total. The highest BCUT2D eigenvalue weighted by atomic mass is 16.5. The van der Waals surface area contributed by atoms with Crippen LogP contribution in [0.4, 0.5) is 0 Å². The maximum absolute atomic E-state index is 12.1. The summed E-state index contributed by atoms with van der Waals surface area (Å²) in [4.78, 5) is 23.9. The number of furan rings is 1. The van der Waals surface area contributed by atoms with Gasteiger partial charge in [0.05, 0.1) is 7.11 Å². The maximum Gasteiger partial charge on any atom is 0.342 e. The molecule has 0 spiro atoms. The summed E-state index contributed by atoms with van der Waals surface area (Å²) in [6.45, 7) is 5.24. The van der Waals surface area contributed by atoms with Crippen LogP contribution in [0, 0.1) is 20.8 Å². The van der Waals surface area contributed by atoms with Crippen LogP contribution in [0.5, 0.6) is 5.75 Å². The fraction of sp³-hybridized carbons (Fsp3) is 0.333. The van der Waals surface area contributed by atoms with E-state index in [0.29, 0.717) is 23.6 Å². The van der Waals surface area contributed by atoms with Crippen LogP contribution in [0.1, 0.15) is 33.0 Å². The molecule has 0 aliphatic carbocycles. The molecule has 0 bridgehead atoms. The molecule has 0 saturated carbocycles. The molecular weight excluding hydrogens is 310 g/mol. The zero-order valence-corrected chi connectivity index (χ0v) is 14.3. The van der Waals surface area contributed by atoms with Gasteiger partial charge in [-0.1, -0.05) is 12.1 Å². The molecule has 6 heteroatoms. The summed E-state index contributed by atoms with van der Waals surface area (Å²) < 4.78 is 15.6. The normalized spacial score (nSPS) is 10.3. The highest BCUT2D eigenvalue weighted by Crippen LogP contribution is 2.21. The minimum Gasteiger partial charge on any atom is -0.497 e. The van der Waals surface area contributed by atoms with Crippen LogP contribution in [0.25, 0.3) is 0 Å². The number of rotatable bonds is 6. The summed E-state index contributed by atoms with van der Waals surface area (Å²) in [7, 11) is 1.58. The van der Waals surface area contributed by atoms with Crippen molar-refractivity contribution in [2.75, 3.05) is 13.7 Å². The zero-order chi connectivity index (χ0) is 17.7. The van der Waals surface area contributed by atoms with Crippen LogP contribution in [0.15, 0.2) is 28.7 Å². The molecule has 0 radical (unpaired) electrons. The molecular formula is C18H21NO5. The average molecular weight is 331 g/mol. The van der Waals surface area contributed by atoms with E-state index in [9.17, 15) is 9.59 Å². The minimum absolute atomic E-state index is 0.330. The highest BCUT2D eigenvalue weighted by molar-refractivity contribution is 5.93. The number of hydrogen-bond donors (Lipinski definition) is 1. The lowest BCUT2D eigenvalue weighted by molar-refractivity contribution is -0.124. The van der Waals surface area contributed by atoms with E-state index in [-0.39, 0.29) is 12.5 Å². The van der Waals surface area contributed by atoms with Gasteiger partial charge >= 0.3 is 5.97 Å². The van der Waals surface area contributed by atoms with Gasteiger partial charge in [0.15, 0.2) is 6.61 Å². The first-order chi connectivity index (χ1) is 11.4. The number of ether oxygens (including phenoxy) is 2. The standard InChI is InChI=1S/C18H21NO5/c1-11-12(2)24-13(3)17(11)18(21)23-10-16(20)19-9-14-6-5-7-15(8-14)22-4/h5-8H,9-10H2,1-4H3,(H,19,20). The summed E-state index contributed by atoms with van der Waals surface area (Å²) in [6.07, 6.45) is 0. The van der Waals surface area contributed by atoms with Crippen molar-refractivity contribution in [2.24, 2.45) is 0 Å². The molecule has 0 saturated heterocycles. The number of hydrogen-bond acceptors (Lipinski definition) is 5. The molecule has 1 aromatic carbocycles. The fourth-order valence-electron chi connectivity index (χ4n) is 2.33. The Morgan fingerprint density at radius 1 is 1.17 bits per heavy atom. The van der Waals surface area contributed by atoms with Gasteiger partial charge in [0.2, 0.25) is 0 Å². The molecule has 0 aliphatic rings. The van der Waals surface area contributed by atoms with Crippen molar-refractivity contribution in [2.45, 2.75) is 27.3 Å². The third kappa shape index (κ3) is 4.16. The smallest absolute Gasteiger partial charge is 0.342 e. The van der Waals surface area contributed by atoms with E-state index in [1.807, 2.05) is 24.3 Å². The number of carbonyl (C=O) groups is 2. The van der Waals surface area contributed by atoms with E-state index >= 15 is 0 Å². The van der Waals surface area contributed by atoms with Crippen LogP contribution < -0.4 is 10.1 Å². The molecule has 2 aromatic rings. The van der Waals surface area contributed by atoms with Crippen molar-refractivity contribution in [3.05, 3.63) is 52.5 Å². The van der Waals surface area contributed by atoms with E-state index < -0.39 is 5.97 Å². The highest BCUT2D eigenvalue weighted by Gasteiger charge is 2.20. The summed E-state index contributed by atoms with van der Waals surface area (Å²) in [6, 6.07) is 7.36. The van der Waals surface area contributed by atoms with Gasteiger partial charge in [-0.25, -0.2) is 4.79 Å². The van der Waals surface area contributed by atoms with Crippen LogP contribution in [0.3, 0.4) is 0 Å². The first kappa shape index (κ1) is 17.6. The van der Waals surface area contributed by atoms with Crippen molar-refractivity contribution >= 4 is 11.9 Å². The van der Waals surface area contributed by atoms with E-state index in [0.717, 1.165) is 16.9 Å². The van der Waals surface area contributed by atoms with Crippen molar-refractivity contribution in [1.82, 2.24) is 5.32 Å². The molecule has 0 fully saturated rings. The Morgan fingerprint density at radius 2 is 1.92 bits per heavy atom. The van der Waals surface area contributed by atoms with Crippen molar-refractivity contribution in [3.63, 3.8) is 0 Å². The fourth-order valence-corrected chi connectivity index (χ4v) is 2.33. The molecule has 0 atom stereocenters. The zero-order valence-electron chi connectivity index (χ0n) is 14.3. The van der Waals surface area contributed by atoms with E-state index in [1.54, 1.807) is 27.9 Å². The Kier molecular flexibility index (Phi) is 5.63. The Balaban J connectivity index is 1.85. The lowest BCUT2D eigenvalue weighted by atomic mass is 10.1. The van der Waals surface area contributed by atoms with Crippen LogP contribution in [-0.4, -0.2) is 25.6 Å². The van der Waals surface area contributed by atoms with Crippen LogP contribution in [-0.2, 0) is 16.1 Å². The molecule has 6 nitrogen and oxygen atoms in total. The van der Waals surface area contributed by atoms with Gasteiger partial charge in [0.1, 0.15) is 22.8 Å². The van der Waals surface area contributed by atoms with Crippen LogP contribution >= 0.6 is 0 Å². The van der Waals surface area contributed by atoms with Gasteiger partial charge in [-0.05, 0) is 38.5 Å². The molecule has 24 heavy (non-hydrogen) atoms. The summed E-state index contributed by atoms with van der Waals surface area (Å²) in [5, 5.41) is 2.70. The second-order valence-electron chi connectivity index (χ2n) is 5.42. The van der Waals surface area contributed by atoms with Gasteiger partial charge in [-0.15, -0.1) is 0 Å². The third-order valence-electron chi connectivity index (χ3n) is 3.72.